The molecule has 3 rings (SSSR count). The lowest BCUT2D eigenvalue weighted by molar-refractivity contribution is 0.182. The van der Waals surface area contributed by atoms with Crippen LogP contribution in [-0.2, 0) is 17.8 Å². The molecule has 1 N–H and O–H groups in total. The summed E-state index contributed by atoms with van der Waals surface area (Å²) in [7, 11) is 1.67. The molecule has 0 atom stereocenters. The summed E-state index contributed by atoms with van der Waals surface area (Å²) in [6, 6.07) is 4.86. The summed E-state index contributed by atoms with van der Waals surface area (Å²) >= 11 is 0. The Balaban J connectivity index is 1.84. The molecular formula is C17H20FN5O. The first-order chi connectivity index (χ1) is 11.6. The van der Waals surface area contributed by atoms with Crippen LogP contribution >= 0.6 is 0 Å². The van der Waals surface area contributed by atoms with Crippen molar-refractivity contribution in [3.63, 3.8) is 0 Å². The molecule has 0 spiro atoms. The van der Waals surface area contributed by atoms with Crippen molar-refractivity contribution >= 4 is 16.7 Å². The van der Waals surface area contributed by atoms with Crippen molar-refractivity contribution in [2.45, 2.75) is 26.9 Å². The van der Waals surface area contributed by atoms with Crippen molar-refractivity contribution in [1.29, 1.82) is 0 Å². The number of hydrogen-bond donors (Lipinski definition) is 1. The van der Waals surface area contributed by atoms with Crippen molar-refractivity contribution in [3.8, 4) is 0 Å². The number of fused-ring (bicyclic) bond motifs is 1. The number of nitrogens with zero attached hydrogens (tertiary/aromatic N) is 4. The zero-order valence-corrected chi connectivity index (χ0v) is 14.0. The fourth-order valence-corrected chi connectivity index (χ4v) is 2.75. The van der Waals surface area contributed by atoms with E-state index in [-0.39, 0.29) is 5.82 Å². The van der Waals surface area contributed by atoms with Crippen LogP contribution in [0, 0.1) is 19.7 Å². The quantitative estimate of drug-likeness (QED) is 0.753. The molecule has 0 fully saturated rings. The minimum absolute atomic E-state index is 0.319. The first-order valence-electron chi connectivity index (χ1n) is 7.76. The molecule has 1 aromatic carbocycles. The summed E-state index contributed by atoms with van der Waals surface area (Å²) in [6.45, 7) is 5.90. The van der Waals surface area contributed by atoms with E-state index in [1.165, 1.54) is 12.4 Å². The highest BCUT2D eigenvalue weighted by Crippen LogP contribution is 2.22. The largest absolute Gasteiger partial charge is 0.383 e. The van der Waals surface area contributed by atoms with Crippen molar-refractivity contribution in [2.24, 2.45) is 0 Å². The SMILES string of the molecule is COCCn1nc(C)c(CNc2ncnc3c(F)cccc23)c1C. The molecule has 6 nitrogen and oxygen atoms in total. The van der Waals surface area contributed by atoms with Crippen molar-refractivity contribution < 1.29 is 9.13 Å². The Morgan fingerprint density at radius 1 is 1.25 bits per heavy atom. The highest BCUT2D eigenvalue weighted by atomic mass is 19.1. The molecule has 0 aliphatic carbocycles. The van der Waals surface area contributed by atoms with Crippen molar-refractivity contribution in [3.05, 3.63) is 47.3 Å². The van der Waals surface area contributed by atoms with Gasteiger partial charge < -0.3 is 10.1 Å². The smallest absolute Gasteiger partial charge is 0.149 e. The predicted octanol–water partition coefficient (Wildman–Crippen LogP) is 2.84. The number of nitrogens with one attached hydrogen (secondary N) is 1. The van der Waals surface area contributed by atoms with Crippen LogP contribution in [0.5, 0.6) is 0 Å². The molecule has 0 bridgehead atoms. The van der Waals surface area contributed by atoms with E-state index in [0.29, 0.717) is 36.4 Å². The molecule has 2 aromatic heterocycles. The normalized spacial score (nSPS) is 11.2. The lowest BCUT2D eigenvalue weighted by Gasteiger charge is -2.09. The molecule has 0 aliphatic heterocycles. The standard InChI is InChI=1S/C17H20FN5O/c1-11-14(12(2)23(22-11)7-8-24-3)9-19-17-13-5-4-6-15(18)16(13)20-10-21-17/h4-6,10H,7-9H2,1-3H3,(H,19,20,21). The van der Waals surface area contributed by atoms with E-state index in [1.54, 1.807) is 13.2 Å². The zero-order valence-electron chi connectivity index (χ0n) is 14.0. The highest BCUT2D eigenvalue weighted by Gasteiger charge is 2.13. The van der Waals surface area contributed by atoms with Crippen LogP contribution in [0.25, 0.3) is 10.9 Å². The maximum atomic E-state index is 13.8. The van der Waals surface area contributed by atoms with Crippen LogP contribution in [-0.4, -0.2) is 33.5 Å². The van der Waals surface area contributed by atoms with E-state index >= 15 is 0 Å². The van der Waals surface area contributed by atoms with E-state index in [2.05, 4.69) is 20.4 Å². The molecular weight excluding hydrogens is 309 g/mol. The number of aryl methyl sites for hydroxylation is 1. The molecule has 0 saturated heterocycles. The Morgan fingerprint density at radius 3 is 2.88 bits per heavy atom. The molecule has 3 aromatic rings. The van der Waals surface area contributed by atoms with E-state index in [4.69, 9.17) is 4.74 Å². The molecule has 0 aliphatic rings. The van der Waals surface area contributed by atoms with Gasteiger partial charge in [0.05, 0.1) is 18.8 Å². The Kier molecular flexibility index (Phi) is 4.71. The molecule has 24 heavy (non-hydrogen) atoms. The maximum Gasteiger partial charge on any atom is 0.149 e. The third-order valence-corrected chi connectivity index (χ3v) is 4.09. The molecule has 0 radical (unpaired) electrons. The van der Waals surface area contributed by atoms with Crippen LogP contribution in [0.1, 0.15) is 17.0 Å². The maximum absolute atomic E-state index is 13.8. The van der Waals surface area contributed by atoms with Gasteiger partial charge in [-0.05, 0) is 26.0 Å². The Bertz CT molecular complexity index is 862. The van der Waals surface area contributed by atoms with E-state index in [1.807, 2.05) is 24.6 Å². The number of ether oxygens (including phenoxy) is 1. The number of halogens is 1. The van der Waals surface area contributed by atoms with Crippen molar-refractivity contribution in [1.82, 2.24) is 19.7 Å². The number of hydrogen-bond acceptors (Lipinski definition) is 5. The monoisotopic (exact) mass is 329 g/mol. The van der Waals surface area contributed by atoms with Crippen LogP contribution in [0.3, 0.4) is 0 Å². The first kappa shape index (κ1) is 16.3. The van der Waals surface area contributed by atoms with Crippen LogP contribution in [0.2, 0.25) is 0 Å². The second-order valence-electron chi connectivity index (χ2n) is 5.58. The molecule has 0 saturated carbocycles. The van der Waals surface area contributed by atoms with Gasteiger partial charge in [-0.2, -0.15) is 5.10 Å². The van der Waals surface area contributed by atoms with Gasteiger partial charge in [-0.25, -0.2) is 14.4 Å². The third-order valence-electron chi connectivity index (χ3n) is 4.09. The number of methoxy groups -OCH3 is 1. The Hall–Kier alpha value is -2.54. The van der Waals surface area contributed by atoms with Crippen LogP contribution in [0.4, 0.5) is 10.2 Å². The van der Waals surface area contributed by atoms with Gasteiger partial charge in [0.25, 0.3) is 0 Å². The fraction of sp³-hybridized carbons (Fsp3) is 0.353. The van der Waals surface area contributed by atoms with E-state index in [0.717, 1.165) is 17.0 Å². The van der Waals surface area contributed by atoms with Gasteiger partial charge in [-0.15, -0.1) is 0 Å². The van der Waals surface area contributed by atoms with E-state index < -0.39 is 0 Å². The van der Waals surface area contributed by atoms with E-state index in [9.17, 15) is 4.39 Å². The second kappa shape index (κ2) is 6.92. The van der Waals surface area contributed by atoms with Gasteiger partial charge in [-0.1, -0.05) is 6.07 Å². The zero-order chi connectivity index (χ0) is 17.1. The van der Waals surface area contributed by atoms with Crippen LogP contribution < -0.4 is 5.32 Å². The van der Waals surface area contributed by atoms with Gasteiger partial charge >= 0.3 is 0 Å². The minimum atomic E-state index is -0.349. The summed E-state index contributed by atoms with van der Waals surface area (Å²) in [5, 5.41) is 8.49. The summed E-state index contributed by atoms with van der Waals surface area (Å²) in [5.74, 6) is 0.264. The number of benzene rings is 1. The van der Waals surface area contributed by atoms with Crippen molar-refractivity contribution in [2.75, 3.05) is 19.0 Å². The molecule has 126 valence electrons. The number of anilines is 1. The lowest BCUT2D eigenvalue weighted by Crippen LogP contribution is -2.09. The first-order valence-corrected chi connectivity index (χ1v) is 7.76. The Labute approximate surface area is 139 Å². The average Bonchev–Trinajstić information content (AvgIpc) is 2.85. The summed E-state index contributed by atoms with van der Waals surface area (Å²) in [6.07, 6.45) is 1.37. The topological polar surface area (TPSA) is 64.9 Å². The van der Waals surface area contributed by atoms with Gasteiger partial charge in [0.2, 0.25) is 0 Å². The second-order valence-corrected chi connectivity index (χ2v) is 5.58. The summed E-state index contributed by atoms with van der Waals surface area (Å²) in [4.78, 5) is 8.26. The number of aromatic nitrogens is 4. The number of para-hydroxylation sites is 1. The molecule has 0 unspecified atom stereocenters. The van der Waals surface area contributed by atoms with Gasteiger partial charge in [0.15, 0.2) is 0 Å². The summed E-state index contributed by atoms with van der Waals surface area (Å²) < 4.78 is 20.9. The third kappa shape index (κ3) is 3.07. The number of rotatable bonds is 6. The van der Waals surface area contributed by atoms with Gasteiger partial charge in [-0.3, -0.25) is 4.68 Å². The van der Waals surface area contributed by atoms with Gasteiger partial charge in [0, 0.05) is 30.3 Å². The predicted molar refractivity (Wildman–Crippen MR) is 90.4 cm³/mol. The Morgan fingerprint density at radius 2 is 2.08 bits per heavy atom. The highest BCUT2D eigenvalue weighted by molar-refractivity contribution is 5.89. The summed E-state index contributed by atoms with van der Waals surface area (Å²) in [5.41, 5.74) is 3.47. The van der Waals surface area contributed by atoms with Gasteiger partial charge in [0.1, 0.15) is 23.5 Å². The molecule has 7 heteroatoms. The molecule has 0 amide bonds. The minimum Gasteiger partial charge on any atom is -0.383 e. The molecule has 2 heterocycles. The van der Waals surface area contributed by atoms with Crippen LogP contribution in [0.15, 0.2) is 24.5 Å². The average molecular weight is 329 g/mol. The lowest BCUT2D eigenvalue weighted by atomic mass is 10.2. The fourth-order valence-electron chi connectivity index (χ4n) is 2.75.